The molecule has 17 heavy (non-hydrogen) atoms. The van der Waals surface area contributed by atoms with Crippen LogP contribution in [0.3, 0.4) is 0 Å². The van der Waals surface area contributed by atoms with E-state index in [1.165, 1.54) is 11.3 Å². The Balaban J connectivity index is 1.92. The van der Waals surface area contributed by atoms with E-state index in [0.717, 1.165) is 37.7 Å². The molecule has 0 spiro atoms. The van der Waals surface area contributed by atoms with E-state index in [2.05, 4.69) is 30.0 Å². The molecule has 0 aliphatic carbocycles. The third kappa shape index (κ3) is 3.76. The molecule has 0 amide bonds. The summed E-state index contributed by atoms with van der Waals surface area (Å²) in [6.45, 7) is 5.85. The number of rotatable bonds is 3. The number of benzene rings is 1. The molecular weight excluding hydrogens is 234 g/mol. The second kappa shape index (κ2) is 6.08. The van der Waals surface area contributed by atoms with Gasteiger partial charge < -0.3 is 9.64 Å². The van der Waals surface area contributed by atoms with Gasteiger partial charge in [-0.25, -0.2) is 0 Å². The van der Waals surface area contributed by atoms with Crippen LogP contribution >= 0.6 is 11.6 Å². The second-order valence-corrected chi connectivity index (χ2v) is 4.71. The van der Waals surface area contributed by atoms with Crippen molar-refractivity contribution in [1.29, 1.82) is 0 Å². The molecular formula is C14H18ClNO. The van der Waals surface area contributed by atoms with E-state index in [0.29, 0.717) is 0 Å². The first-order valence-electron chi connectivity index (χ1n) is 5.99. The van der Waals surface area contributed by atoms with Gasteiger partial charge in [-0.05, 0) is 31.0 Å². The van der Waals surface area contributed by atoms with Crippen LogP contribution in [0.25, 0.3) is 0 Å². The molecule has 1 aromatic rings. The molecule has 0 saturated carbocycles. The van der Waals surface area contributed by atoms with E-state index in [-0.39, 0.29) is 0 Å². The quantitative estimate of drug-likeness (QED) is 0.819. The summed E-state index contributed by atoms with van der Waals surface area (Å²) in [6, 6.07) is 8.03. The molecule has 0 radical (unpaired) electrons. The number of hydrogen-bond donors (Lipinski definition) is 0. The van der Waals surface area contributed by atoms with Crippen molar-refractivity contribution in [3.05, 3.63) is 46.6 Å². The predicted octanol–water partition coefficient (Wildman–Crippen LogP) is 3.12. The summed E-state index contributed by atoms with van der Waals surface area (Å²) in [5.41, 5.74) is 2.63. The number of morpholine rings is 1. The van der Waals surface area contributed by atoms with Crippen molar-refractivity contribution in [2.24, 2.45) is 0 Å². The zero-order chi connectivity index (χ0) is 12.1. The minimum atomic E-state index is 0.794. The fourth-order valence-electron chi connectivity index (χ4n) is 1.93. The fourth-order valence-corrected chi connectivity index (χ4v) is 2.06. The highest BCUT2D eigenvalue weighted by Gasteiger charge is 2.09. The van der Waals surface area contributed by atoms with E-state index in [9.17, 15) is 0 Å². The Hall–Kier alpha value is -0.990. The molecule has 0 aromatic heterocycles. The molecule has 2 rings (SSSR count). The summed E-state index contributed by atoms with van der Waals surface area (Å²) in [4.78, 5) is 2.37. The van der Waals surface area contributed by atoms with Crippen LogP contribution < -0.4 is 0 Å². The standard InChI is InChI=1S/C14H18ClNO/c1-12(16-8-10-17-11-9-16)2-3-13-4-6-14(15)7-5-13/h2,4-7H,3,8-11H2,1H3/b12-2-. The molecule has 92 valence electrons. The zero-order valence-electron chi connectivity index (χ0n) is 10.2. The van der Waals surface area contributed by atoms with Crippen molar-refractivity contribution in [1.82, 2.24) is 4.90 Å². The van der Waals surface area contributed by atoms with Crippen LogP contribution in [0.15, 0.2) is 36.0 Å². The van der Waals surface area contributed by atoms with E-state index in [4.69, 9.17) is 16.3 Å². The summed E-state index contributed by atoms with van der Waals surface area (Å²) in [6.07, 6.45) is 3.23. The number of hydrogen-bond acceptors (Lipinski definition) is 2. The Labute approximate surface area is 108 Å². The van der Waals surface area contributed by atoms with Gasteiger partial charge in [0.05, 0.1) is 13.2 Å². The van der Waals surface area contributed by atoms with Crippen molar-refractivity contribution in [2.45, 2.75) is 13.3 Å². The van der Waals surface area contributed by atoms with Crippen LogP contribution in [-0.4, -0.2) is 31.2 Å². The van der Waals surface area contributed by atoms with Crippen molar-refractivity contribution in [2.75, 3.05) is 26.3 Å². The molecule has 2 nitrogen and oxygen atoms in total. The molecule has 1 aliphatic heterocycles. The highest BCUT2D eigenvalue weighted by atomic mass is 35.5. The molecule has 0 unspecified atom stereocenters. The largest absolute Gasteiger partial charge is 0.378 e. The monoisotopic (exact) mass is 251 g/mol. The number of allylic oxidation sites excluding steroid dienone is 2. The first-order chi connectivity index (χ1) is 8.25. The number of nitrogens with zero attached hydrogens (tertiary/aromatic N) is 1. The first-order valence-corrected chi connectivity index (χ1v) is 6.37. The average Bonchev–Trinajstić information content (AvgIpc) is 2.39. The summed E-state index contributed by atoms with van der Waals surface area (Å²) < 4.78 is 5.34. The van der Waals surface area contributed by atoms with Crippen LogP contribution in [0.2, 0.25) is 5.02 Å². The Morgan fingerprint density at radius 1 is 1.29 bits per heavy atom. The maximum absolute atomic E-state index is 5.86. The van der Waals surface area contributed by atoms with Gasteiger partial charge in [-0.2, -0.15) is 0 Å². The summed E-state index contributed by atoms with van der Waals surface area (Å²) in [7, 11) is 0. The summed E-state index contributed by atoms with van der Waals surface area (Å²) in [5, 5.41) is 0.794. The van der Waals surface area contributed by atoms with Gasteiger partial charge >= 0.3 is 0 Å². The Bertz CT molecular complexity index is 380. The lowest BCUT2D eigenvalue weighted by Gasteiger charge is -2.29. The number of halogens is 1. The predicted molar refractivity (Wildman–Crippen MR) is 71.3 cm³/mol. The van der Waals surface area contributed by atoms with Crippen LogP contribution in [0, 0.1) is 0 Å². The van der Waals surface area contributed by atoms with Crippen molar-refractivity contribution in [3.8, 4) is 0 Å². The maximum atomic E-state index is 5.86. The van der Waals surface area contributed by atoms with Gasteiger partial charge in [0.25, 0.3) is 0 Å². The molecule has 1 saturated heterocycles. The van der Waals surface area contributed by atoms with E-state index < -0.39 is 0 Å². The molecule has 0 atom stereocenters. The Morgan fingerprint density at radius 3 is 2.59 bits per heavy atom. The molecule has 1 aromatic carbocycles. The molecule has 3 heteroatoms. The van der Waals surface area contributed by atoms with Crippen LogP contribution in [-0.2, 0) is 11.2 Å². The van der Waals surface area contributed by atoms with Crippen LogP contribution in [0.4, 0.5) is 0 Å². The minimum absolute atomic E-state index is 0.794. The van der Waals surface area contributed by atoms with Gasteiger partial charge in [0.1, 0.15) is 0 Å². The Morgan fingerprint density at radius 2 is 1.94 bits per heavy atom. The zero-order valence-corrected chi connectivity index (χ0v) is 10.9. The molecule has 1 heterocycles. The second-order valence-electron chi connectivity index (χ2n) is 4.28. The lowest BCUT2D eigenvalue weighted by atomic mass is 10.1. The van der Waals surface area contributed by atoms with E-state index in [1.807, 2.05) is 12.1 Å². The molecule has 0 bridgehead atoms. The third-order valence-corrected chi connectivity index (χ3v) is 3.31. The highest BCUT2D eigenvalue weighted by Crippen LogP contribution is 2.12. The maximum Gasteiger partial charge on any atom is 0.0642 e. The van der Waals surface area contributed by atoms with Crippen molar-refractivity contribution >= 4 is 11.6 Å². The van der Waals surface area contributed by atoms with Gasteiger partial charge in [-0.15, -0.1) is 0 Å². The fraction of sp³-hybridized carbons (Fsp3) is 0.429. The third-order valence-electron chi connectivity index (χ3n) is 3.06. The number of ether oxygens (including phenoxy) is 1. The molecule has 1 aliphatic rings. The van der Waals surface area contributed by atoms with Gasteiger partial charge in [0.2, 0.25) is 0 Å². The lowest BCUT2D eigenvalue weighted by Crippen LogP contribution is -2.34. The van der Waals surface area contributed by atoms with E-state index in [1.54, 1.807) is 0 Å². The van der Waals surface area contributed by atoms with Crippen molar-refractivity contribution < 1.29 is 4.74 Å². The SMILES string of the molecule is C/C(=C/Cc1ccc(Cl)cc1)N1CCOCC1. The lowest BCUT2D eigenvalue weighted by molar-refractivity contribution is 0.0536. The van der Waals surface area contributed by atoms with Gasteiger partial charge in [-0.3, -0.25) is 0 Å². The smallest absolute Gasteiger partial charge is 0.0642 e. The van der Waals surface area contributed by atoms with Gasteiger partial charge in [0.15, 0.2) is 0 Å². The van der Waals surface area contributed by atoms with Crippen molar-refractivity contribution in [3.63, 3.8) is 0 Å². The van der Waals surface area contributed by atoms with Crippen LogP contribution in [0.1, 0.15) is 12.5 Å². The normalized spacial score (nSPS) is 17.3. The van der Waals surface area contributed by atoms with Crippen LogP contribution in [0.5, 0.6) is 0 Å². The average molecular weight is 252 g/mol. The van der Waals surface area contributed by atoms with Gasteiger partial charge in [-0.1, -0.05) is 29.8 Å². The molecule has 0 N–H and O–H groups in total. The first kappa shape index (κ1) is 12.5. The van der Waals surface area contributed by atoms with E-state index >= 15 is 0 Å². The summed E-state index contributed by atoms with van der Waals surface area (Å²) in [5.74, 6) is 0. The van der Waals surface area contributed by atoms with Gasteiger partial charge in [0, 0.05) is 23.8 Å². The summed E-state index contributed by atoms with van der Waals surface area (Å²) >= 11 is 5.86. The minimum Gasteiger partial charge on any atom is -0.378 e. The Kier molecular flexibility index (Phi) is 4.46. The molecule has 1 fully saturated rings. The topological polar surface area (TPSA) is 12.5 Å². The highest BCUT2D eigenvalue weighted by molar-refractivity contribution is 6.30.